The van der Waals surface area contributed by atoms with E-state index in [-0.39, 0.29) is 10.8 Å². The molecule has 90 valence electrons. The first-order valence-corrected chi connectivity index (χ1v) is 6.28. The van der Waals surface area contributed by atoms with Gasteiger partial charge in [0.2, 0.25) is 0 Å². The van der Waals surface area contributed by atoms with Crippen molar-refractivity contribution in [1.82, 2.24) is 4.98 Å². The molecule has 2 rings (SSSR count). The van der Waals surface area contributed by atoms with Crippen LogP contribution in [-0.4, -0.2) is 10.4 Å². The summed E-state index contributed by atoms with van der Waals surface area (Å²) in [5.41, 5.74) is 2.84. The SMILES string of the molecule is Cc1[nH]c2ccccc2c(=O)c1CCC(C)Cl. The highest BCUT2D eigenvalue weighted by Gasteiger charge is 2.09. The molecule has 3 heteroatoms. The van der Waals surface area contributed by atoms with Crippen molar-refractivity contribution in [2.24, 2.45) is 0 Å². The van der Waals surface area contributed by atoms with Gasteiger partial charge in [-0.15, -0.1) is 11.6 Å². The Kier molecular flexibility index (Phi) is 3.53. The topological polar surface area (TPSA) is 32.9 Å². The number of halogens is 1. The van der Waals surface area contributed by atoms with E-state index >= 15 is 0 Å². The summed E-state index contributed by atoms with van der Waals surface area (Å²) in [7, 11) is 0. The lowest BCUT2D eigenvalue weighted by Crippen LogP contribution is -2.14. The summed E-state index contributed by atoms with van der Waals surface area (Å²) in [6.07, 6.45) is 1.56. The van der Waals surface area contributed by atoms with Gasteiger partial charge in [0.15, 0.2) is 5.43 Å². The van der Waals surface area contributed by atoms with E-state index in [1.54, 1.807) is 0 Å². The van der Waals surface area contributed by atoms with Crippen LogP contribution >= 0.6 is 11.6 Å². The Morgan fingerprint density at radius 1 is 1.35 bits per heavy atom. The number of aryl methyl sites for hydroxylation is 1. The van der Waals surface area contributed by atoms with Gasteiger partial charge in [-0.05, 0) is 38.8 Å². The number of hydrogen-bond donors (Lipinski definition) is 1. The molecule has 0 amide bonds. The van der Waals surface area contributed by atoms with Crippen molar-refractivity contribution >= 4 is 22.5 Å². The summed E-state index contributed by atoms with van der Waals surface area (Å²) in [4.78, 5) is 15.6. The van der Waals surface area contributed by atoms with Crippen LogP contribution in [0.4, 0.5) is 0 Å². The maximum atomic E-state index is 12.3. The molecule has 0 saturated heterocycles. The maximum absolute atomic E-state index is 12.3. The van der Waals surface area contributed by atoms with Crippen molar-refractivity contribution in [3.63, 3.8) is 0 Å². The number of pyridine rings is 1. The van der Waals surface area contributed by atoms with Crippen LogP contribution in [0.3, 0.4) is 0 Å². The predicted octanol–water partition coefficient (Wildman–Crippen LogP) is 3.40. The first kappa shape index (κ1) is 12.2. The molecule has 0 aliphatic rings. The van der Waals surface area contributed by atoms with Gasteiger partial charge in [0, 0.05) is 27.5 Å². The van der Waals surface area contributed by atoms with E-state index in [2.05, 4.69) is 4.98 Å². The zero-order chi connectivity index (χ0) is 12.4. The van der Waals surface area contributed by atoms with E-state index < -0.39 is 0 Å². The second kappa shape index (κ2) is 4.92. The third-order valence-corrected chi connectivity index (χ3v) is 3.23. The summed E-state index contributed by atoms with van der Waals surface area (Å²) < 4.78 is 0. The summed E-state index contributed by atoms with van der Waals surface area (Å²) >= 11 is 5.94. The minimum absolute atomic E-state index is 0.0975. The third kappa shape index (κ3) is 2.52. The predicted molar refractivity (Wildman–Crippen MR) is 72.9 cm³/mol. The quantitative estimate of drug-likeness (QED) is 0.831. The Morgan fingerprint density at radius 2 is 2.06 bits per heavy atom. The highest BCUT2D eigenvalue weighted by molar-refractivity contribution is 6.20. The average molecular weight is 250 g/mol. The minimum atomic E-state index is 0.0975. The molecule has 0 aliphatic carbocycles. The third-order valence-electron chi connectivity index (χ3n) is 3.01. The number of H-pyrrole nitrogens is 1. The molecule has 1 heterocycles. The fourth-order valence-corrected chi connectivity index (χ4v) is 2.15. The van der Waals surface area contributed by atoms with Gasteiger partial charge in [0.1, 0.15) is 0 Å². The standard InChI is InChI=1S/C14H16ClNO/c1-9(15)7-8-11-10(2)16-13-6-4-3-5-12(13)14(11)17/h3-6,9H,7-8H2,1-2H3,(H,16,17). The number of benzene rings is 1. The van der Waals surface area contributed by atoms with Crippen molar-refractivity contribution in [3.05, 3.63) is 45.7 Å². The molecule has 0 spiro atoms. The van der Waals surface area contributed by atoms with Crippen LogP contribution in [0.25, 0.3) is 10.9 Å². The number of aromatic amines is 1. The van der Waals surface area contributed by atoms with Crippen LogP contribution in [0.15, 0.2) is 29.1 Å². The highest BCUT2D eigenvalue weighted by Crippen LogP contribution is 2.13. The zero-order valence-electron chi connectivity index (χ0n) is 10.1. The fraction of sp³-hybridized carbons (Fsp3) is 0.357. The summed E-state index contributed by atoms with van der Waals surface area (Å²) in [5.74, 6) is 0. The molecule has 1 N–H and O–H groups in total. The molecule has 2 aromatic rings. The monoisotopic (exact) mass is 249 g/mol. The molecule has 1 aromatic heterocycles. The number of para-hydroxylation sites is 1. The van der Waals surface area contributed by atoms with E-state index in [0.29, 0.717) is 0 Å². The van der Waals surface area contributed by atoms with E-state index in [9.17, 15) is 4.79 Å². The van der Waals surface area contributed by atoms with E-state index in [1.807, 2.05) is 38.1 Å². The average Bonchev–Trinajstić information content (AvgIpc) is 2.28. The molecule has 0 bridgehead atoms. The van der Waals surface area contributed by atoms with Crippen molar-refractivity contribution in [2.75, 3.05) is 0 Å². The number of fused-ring (bicyclic) bond motifs is 1. The lowest BCUT2D eigenvalue weighted by molar-refractivity contribution is 0.792. The molecular formula is C14H16ClNO. The van der Waals surface area contributed by atoms with Crippen molar-refractivity contribution < 1.29 is 0 Å². The number of aromatic nitrogens is 1. The Hall–Kier alpha value is -1.28. The number of hydrogen-bond acceptors (Lipinski definition) is 1. The Balaban J connectivity index is 2.52. The van der Waals surface area contributed by atoms with Crippen LogP contribution < -0.4 is 5.43 Å². The summed E-state index contributed by atoms with van der Waals surface area (Å²) in [5, 5.41) is 0.857. The molecule has 0 fully saturated rings. The van der Waals surface area contributed by atoms with E-state index in [0.717, 1.165) is 35.0 Å². The van der Waals surface area contributed by atoms with E-state index in [1.165, 1.54) is 0 Å². The van der Waals surface area contributed by atoms with Crippen LogP contribution in [0.5, 0.6) is 0 Å². The van der Waals surface area contributed by atoms with Crippen LogP contribution in [-0.2, 0) is 6.42 Å². The Labute approximate surface area is 106 Å². The molecule has 17 heavy (non-hydrogen) atoms. The number of nitrogens with one attached hydrogen (secondary N) is 1. The van der Waals surface area contributed by atoms with Gasteiger partial charge in [-0.3, -0.25) is 4.79 Å². The van der Waals surface area contributed by atoms with Crippen molar-refractivity contribution in [1.29, 1.82) is 0 Å². The smallest absolute Gasteiger partial charge is 0.192 e. The van der Waals surface area contributed by atoms with Gasteiger partial charge in [-0.25, -0.2) is 0 Å². The second-order valence-corrected chi connectivity index (χ2v) is 5.17. The van der Waals surface area contributed by atoms with Crippen LogP contribution in [0.1, 0.15) is 24.6 Å². The number of rotatable bonds is 3. The first-order chi connectivity index (χ1) is 8.09. The normalized spacial score (nSPS) is 12.9. The van der Waals surface area contributed by atoms with Gasteiger partial charge < -0.3 is 4.98 Å². The lowest BCUT2D eigenvalue weighted by atomic mass is 10.0. The summed E-state index contributed by atoms with van der Waals surface area (Å²) in [6.45, 7) is 3.90. The Bertz CT molecular complexity index is 586. The van der Waals surface area contributed by atoms with Gasteiger partial charge in [-0.1, -0.05) is 12.1 Å². The van der Waals surface area contributed by atoms with E-state index in [4.69, 9.17) is 11.6 Å². The molecule has 1 unspecified atom stereocenters. The highest BCUT2D eigenvalue weighted by atomic mass is 35.5. The maximum Gasteiger partial charge on any atom is 0.192 e. The van der Waals surface area contributed by atoms with Crippen LogP contribution in [0.2, 0.25) is 0 Å². The zero-order valence-corrected chi connectivity index (χ0v) is 10.8. The Morgan fingerprint density at radius 3 is 2.76 bits per heavy atom. The second-order valence-electron chi connectivity index (χ2n) is 4.42. The fourth-order valence-electron chi connectivity index (χ4n) is 2.04. The molecular weight excluding hydrogens is 234 g/mol. The molecule has 0 saturated carbocycles. The minimum Gasteiger partial charge on any atom is -0.358 e. The van der Waals surface area contributed by atoms with Crippen molar-refractivity contribution in [3.8, 4) is 0 Å². The van der Waals surface area contributed by atoms with Gasteiger partial charge >= 0.3 is 0 Å². The van der Waals surface area contributed by atoms with Crippen LogP contribution in [0, 0.1) is 6.92 Å². The van der Waals surface area contributed by atoms with Gasteiger partial charge in [-0.2, -0.15) is 0 Å². The first-order valence-electron chi connectivity index (χ1n) is 5.84. The summed E-state index contributed by atoms with van der Waals surface area (Å²) in [6, 6.07) is 7.61. The molecule has 0 radical (unpaired) electrons. The van der Waals surface area contributed by atoms with Crippen molar-refractivity contribution in [2.45, 2.75) is 32.1 Å². The molecule has 2 nitrogen and oxygen atoms in total. The van der Waals surface area contributed by atoms with Gasteiger partial charge in [0.05, 0.1) is 0 Å². The lowest BCUT2D eigenvalue weighted by Gasteiger charge is -2.08. The number of alkyl halides is 1. The molecule has 1 aromatic carbocycles. The molecule has 0 aliphatic heterocycles. The largest absolute Gasteiger partial charge is 0.358 e. The van der Waals surface area contributed by atoms with Gasteiger partial charge in [0.25, 0.3) is 0 Å². The molecule has 1 atom stereocenters.